The number of carbonyl (C=O) groups excluding carboxylic acids is 2. The molecule has 0 aliphatic heterocycles. The van der Waals surface area contributed by atoms with Crippen molar-refractivity contribution in [2.75, 3.05) is 26.8 Å². The largest absolute Gasteiger partial charge is 0.374 e. The van der Waals surface area contributed by atoms with E-state index in [9.17, 15) is 9.59 Å². The molecule has 0 unspecified atom stereocenters. The fourth-order valence-electron chi connectivity index (χ4n) is 1.67. The molecule has 2 N–H and O–H groups in total. The van der Waals surface area contributed by atoms with Crippen LogP contribution < -0.4 is 10.6 Å². The second kappa shape index (κ2) is 12.9. The Hall–Kier alpha value is -1.10. The maximum atomic E-state index is 11.3. The number of urea groups is 1. The van der Waals surface area contributed by atoms with Crippen LogP contribution in [0.3, 0.4) is 0 Å². The molecular weight excluding hydrogens is 256 g/mol. The topological polar surface area (TPSA) is 67.4 Å². The zero-order valence-corrected chi connectivity index (χ0v) is 13.2. The standard InChI is InChI=1S/C15H30N2O3/c1-13(2)14(18)12-20-11-9-7-5-4-6-8-10-17-15(19)16-3/h13H,4-12H2,1-3H3,(H2,16,17,19). The number of hydrogen-bond donors (Lipinski definition) is 2. The summed E-state index contributed by atoms with van der Waals surface area (Å²) in [4.78, 5) is 22.2. The Kier molecular flexibility index (Phi) is 12.2. The highest BCUT2D eigenvalue weighted by atomic mass is 16.5. The lowest BCUT2D eigenvalue weighted by Gasteiger charge is -2.06. The summed E-state index contributed by atoms with van der Waals surface area (Å²) in [5.74, 6) is 0.243. The first kappa shape index (κ1) is 18.9. The Morgan fingerprint density at radius 1 is 1.00 bits per heavy atom. The van der Waals surface area contributed by atoms with Crippen molar-refractivity contribution >= 4 is 11.8 Å². The molecule has 0 atom stereocenters. The molecule has 0 aromatic heterocycles. The van der Waals surface area contributed by atoms with E-state index in [4.69, 9.17) is 4.74 Å². The maximum absolute atomic E-state index is 11.3. The molecule has 0 aromatic carbocycles. The van der Waals surface area contributed by atoms with Gasteiger partial charge in [0.15, 0.2) is 5.78 Å². The van der Waals surface area contributed by atoms with Gasteiger partial charge in [-0.25, -0.2) is 4.79 Å². The number of rotatable bonds is 12. The number of unbranched alkanes of at least 4 members (excludes halogenated alkanes) is 5. The Labute approximate surface area is 122 Å². The first-order valence-electron chi connectivity index (χ1n) is 7.64. The second-order valence-corrected chi connectivity index (χ2v) is 5.30. The van der Waals surface area contributed by atoms with Gasteiger partial charge in [0, 0.05) is 26.1 Å². The third kappa shape index (κ3) is 12.0. The van der Waals surface area contributed by atoms with E-state index in [1.165, 1.54) is 12.8 Å². The van der Waals surface area contributed by atoms with Crippen LogP contribution in [0.4, 0.5) is 4.79 Å². The van der Waals surface area contributed by atoms with Crippen molar-refractivity contribution in [3.8, 4) is 0 Å². The third-order valence-corrected chi connectivity index (χ3v) is 3.12. The first-order valence-corrected chi connectivity index (χ1v) is 7.64. The first-order chi connectivity index (χ1) is 9.57. The monoisotopic (exact) mass is 286 g/mol. The summed E-state index contributed by atoms with van der Waals surface area (Å²) in [5.41, 5.74) is 0. The molecule has 0 radical (unpaired) electrons. The molecule has 0 heterocycles. The molecule has 0 rings (SSSR count). The molecule has 0 aliphatic carbocycles. The summed E-state index contributed by atoms with van der Waals surface area (Å²) in [6.45, 7) is 5.45. The minimum atomic E-state index is -0.113. The number of Topliss-reactive ketones (excluding diaryl/α,β-unsaturated/α-hetero) is 1. The van der Waals surface area contributed by atoms with E-state index in [2.05, 4.69) is 10.6 Å². The van der Waals surface area contributed by atoms with Crippen molar-refractivity contribution in [1.82, 2.24) is 10.6 Å². The Bertz CT molecular complexity index is 268. The number of nitrogens with one attached hydrogen (secondary N) is 2. The van der Waals surface area contributed by atoms with Crippen LogP contribution in [0.15, 0.2) is 0 Å². The molecule has 0 aliphatic rings. The van der Waals surface area contributed by atoms with Gasteiger partial charge in [-0.05, 0) is 12.8 Å². The zero-order valence-electron chi connectivity index (χ0n) is 13.2. The molecule has 0 aromatic rings. The lowest BCUT2D eigenvalue weighted by Crippen LogP contribution is -2.33. The SMILES string of the molecule is CNC(=O)NCCCCCCCCOCC(=O)C(C)C. The Morgan fingerprint density at radius 3 is 2.20 bits per heavy atom. The van der Waals surface area contributed by atoms with Gasteiger partial charge in [-0.3, -0.25) is 4.79 Å². The molecule has 0 saturated heterocycles. The van der Waals surface area contributed by atoms with E-state index < -0.39 is 0 Å². The van der Waals surface area contributed by atoms with Gasteiger partial charge in [-0.1, -0.05) is 39.5 Å². The average Bonchev–Trinajstić information content (AvgIpc) is 2.43. The fourth-order valence-corrected chi connectivity index (χ4v) is 1.67. The lowest BCUT2D eigenvalue weighted by molar-refractivity contribution is -0.126. The third-order valence-electron chi connectivity index (χ3n) is 3.12. The van der Waals surface area contributed by atoms with Crippen LogP contribution >= 0.6 is 0 Å². The van der Waals surface area contributed by atoms with Gasteiger partial charge in [0.1, 0.15) is 6.61 Å². The maximum Gasteiger partial charge on any atom is 0.314 e. The molecule has 5 nitrogen and oxygen atoms in total. The van der Waals surface area contributed by atoms with Crippen LogP contribution in [0, 0.1) is 5.92 Å². The summed E-state index contributed by atoms with van der Waals surface area (Å²) >= 11 is 0. The van der Waals surface area contributed by atoms with E-state index in [1.54, 1.807) is 7.05 Å². The zero-order chi connectivity index (χ0) is 15.2. The molecule has 0 saturated carbocycles. The highest BCUT2D eigenvalue weighted by Crippen LogP contribution is 2.05. The normalized spacial score (nSPS) is 10.6. The highest BCUT2D eigenvalue weighted by molar-refractivity contribution is 5.81. The van der Waals surface area contributed by atoms with Gasteiger partial charge in [0.05, 0.1) is 0 Å². The van der Waals surface area contributed by atoms with Gasteiger partial charge in [-0.15, -0.1) is 0 Å². The van der Waals surface area contributed by atoms with Crippen molar-refractivity contribution in [3.63, 3.8) is 0 Å². The summed E-state index contributed by atoms with van der Waals surface area (Å²) in [6.07, 6.45) is 6.67. The van der Waals surface area contributed by atoms with E-state index in [0.717, 1.165) is 32.2 Å². The predicted octanol–water partition coefficient (Wildman–Crippen LogP) is 2.50. The van der Waals surface area contributed by atoms with Gasteiger partial charge >= 0.3 is 6.03 Å². The number of ether oxygens (including phenoxy) is 1. The molecule has 0 fully saturated rings. The summed E-state index contributed by atoms with van der Waals surface area (Å²) < 4.78 is 5.34. The van der Waals surface area contributed by atoms with Crippen LogP contribution in [0.25, 0.3) is 0 Å². The van der Waals surface area contributed by atoms with Crippen molar-refractivity contribution in [3.05, 3.63) is 0 Å². The van der Waals surface area contributed by atoms with E-state index in [-0.39, 0.29) is 24.3 Å². The molecule has 0 spiro atoms. The molecule has 20 heavy (non-hydrogen) atoms. The number of ketones is 1. The minimum Gasteiger partial charge on any atom is -0.374 e. The second-order valence-electron chi connectivity index (χ2n) is 5.30. The van der Waals surface area contributed by atoms with Crippen molar-refractivity contribution in [2.24, 2.45) is 5.92 Å². The van der Waals surface area contributed by atoms with E-state index in [0.29, 0.717) is 6.61 Å². The Balaban J connectivity index is 3.14. The number of carbonyl (C=O) groups is 2. The minimum absolute atomic E-state index is 0.0680. The van der Waals surface area contributed by atoms with Gasteiger partial charge < -0.3 is 15.4 Å². The summed E-state index contributed by atoms with van der Waals surface area (Å²) in [6, 6.07) is -0.113. The molecule has 118 valence electrons. The highest BCUT2D eigenvalue weighted by Gasteiger charge is 2.06. The van der Waals surface area contributed by atoms with Crippen LogP contribution in [0.1, 0.15) is 52.4 Å². The van der Waals surface area contributed by atoms with Gasteiger partial charge in [0.25, 0.3) is 0 Å². The summed E-state index contributed by atoms with van der Waals surface area (Å²) in [5, 5.41) is 5.29. The van der Waals surface area contributed by atoms with E-state index in [1.807, 2.05) is 13.8 Å². The molecular formula is C15H30N2O3. The fraction of sp³-hybridized carbons (Fsp3) is 0.867. The van der Waals surface area contributed by atoms with Crippen molar-refractivity contribution in [2.45, 2.75) is 52.4 Å². The van der Waals surface area contributed by atoms with Crippen LogP contribution in [-0.2, 0) is 9.53 Å². The smallest absolute Gasteiger partial charge is 0.314 e. The quantitative estimate of drug-likeness (QED) is 0.542. The van der Waals surface area contributed by atoms with Crippen molar-refractivity contribution in [1.29, 1.82) is 0 Å². The predicted molar refractivity (Wildman–Crippen MR) is 80.8 cm³/mol. The molecule has 2 amide bonds. The van der Waals surface area contributed by atoms with Gasteiger partial charge in [0.2, 0.25) is 0 Å². The van der Waals surface area contributed by atoms with Gasteiger partial charge in [-0.2, -0.15) is 0 Å². The number of amides is 2. The number of hydrogen-bond acceptors (Lipinski definition) is 3. The summed E-state index contributed by atoms with van der Waals surface area (Å²) in [7, 11) is 1.62. The van der Waals surface area contributed by atoms with Crippen LogP contribution in [0.2, 0.25) is 0 Å². The van der Waals surface area contributed by atoms with E-state index >= 15 is 0 Å². The average molecular weight is 286 g/mol. The molecule has 5 heteroatoms. The van der Waals surface area contributed by atoms with Crippen LogP contribution in [0.5, 0.6) is 0 Å². The Morgan fingerprint density at radius 2 is 1.60 bits per heavy atom. The molecule has 0 bridgehead atoms. The van der Waals surface area contributed by atoms with Crippen molar-refractivity contribution < 1.29 is 14.3 Å². The lowest BCUT2D eigenvalue weighted by atomic mass is 10.1. The van der Waals surface area contributed by atoms with Crippen LogP contribution in [-0.4, -0.2) is 38.6 Å².